The Kier molecular flexibility index (Phi) is 2.24. The first-order chi connectivity index (χ1) is 6.31. The summed E-state index contributed by atoms with van der Waals surface area (Å²) in [7, 11) is 0. The van der Waals surface area contributed by atoms with Crippen LogP contribution in [0.2, 0.25) is 0 Å². The molecule has 2 nitrogen and oxygen atoms in total. The van der Waals surface area contributed by atoms with Crippen molar-refractivity contribution in [3.8, 4) is 6.07 Å². The number of fused-ring (bicyclic) bond motifs is 1. The van der Waals surface area contributed by atoms with Crippen LogP contribution >= 0.6 is 15.9 Å². The number of nitrogens with zero attached hydrogens (tertiary/aromatic N) is 1. The SMILES string of the molecule is N#Cc1cc2c(cc1Br)CCCN2. The lowest BCUT2D eigenvalue weighted by atomic mass is 10.0. The molecule has 1 N–H and O–H groups in total. The molecule has 1 heterocycles. The quantitative estimate of drug-likeness (QED) is 0.752. The molecule has 1 aliphatic heterocycles. The number of nitriles is 1. The van der Waals surface area contributed by atoms with E-state index >= 15 is 0 Å². The highest BCUT2D eigenvalue weighted by molar-refractivity contribution is 9.10. The molecule has 0 radical (unpaired) electrons. The number of nitrogens with one attached hydrogen (secondary N) is 1. The number of rotatable bonds is 0. The van der Waals surface area contributed by atoms with Gasteiger partial charge >= 0.3 is 0 Å². The van der Waals surface area contributed by atoms with Gasteiger partial charge in [0, 0.05) is 16.7 Å². The zero-order valence-electron chi connectivity index (χ0n) is 7.10. The van der Waals surface area contributed by atoms with E-state index in [4.69, 9.17) is 5.26 Å². The lowest BCUT2D eigenvalue weighted by Gasteiger charge is -2.18. The molecule has 0 saturated heterocycles. The van der Waals surface area contributed by atoms with E-state index in [1.54, 1.807) is 0 Å². The van der Waals surface area contributed by atoms with E-state index in [0.717, 1.165) is 23.1 Å². The van der Waals surface area contributed by atoms with Crippen LogP contribution in [-0.2, 0) is 6.42 Å². The zero-order chi connectivity index (χ0) is 9.26. The normalized spacial score (nSPS) is 14.2. The summed E-state index contributed by atoms with van der Waals surface area (Å²) >= 11 is 3.39. The van der Waals surface area contributed by atoms with Crippen molar-refractivity contribution in [2.24, 2.45) is 0 Å². The summed E-state index contributed by atoms with van der Waals surface area (Å²) in [4.78, 5) is 0. The van der Waals surface area contributed by atoms with Gasteiger partial charge in [0.15, 0.2) is 0 Å². The van der Waals surface area contributed by atoms with Crippen molar-refractivity contribution in [3.63, 3.8) is 0 Å². The van der Waals surface area contributed by atoms with Crippen LogP contribution in [0.1, 0.15) is 17.5 Å². The summed E-state index contributed by atoms with van der Waals surface area (Å²) in [6, 6.07) is 6.12. The van der Waals surface area contributed by atoms with Gasteiger partial charge in [0.25, 0.3) is 0 Å². The highest BCUT2D eigenvalue weighted by Crippen LogP contribution is 2.28. The van der Waals surface area contributed by atoms with Gasteiger partial charge in [-0.2, -0.15) is 5.26 Å². The first-order valence-corrected chi connectivity index (χ1v) is 5.07. The number of benzene rings is 1. The maximum absolute atomic E-state index is 8.81. The van der Waals surface area contributed by atoms with E-state index in [2.05, 4.69) is 27.3 Å². The summed E-state index contributed by atoms with van der Waals surface area (Å²) in [6.45, 7) is 1.01. The number of halogens is 1. The number of hydrogen-bond acceptors (Lipinski definition) is 2. The van der Waals surface area contributed by atoms with Crippen LogP contribution in [0, 0.1) is 11.3 Å². The first kappa shape index (κ1) is 8.58. The van der Waals surface area contributed by atoms with Crippen molar-refractivity contribution in [2.75, 3.05) is 11.9 Å². The average Bonchev–Trinajstić information content (AvgIpc) is 2.17. The summed E-state index contributed by atoms with van der Waals surface area (Å²) in [5.74, 6) is 0. The van der Waals surface area contributed by atoms with E-state index in [1.165, 1.54) is 12.0 Å². The van der Waals surface area contributed by atoms with Crippen molar-refractivity contribution < 1.29 is 0 Å². The Labute approximate surface area is 85.7 Å². The molecule has 0 amide bonds. The Morgan fingerprint density at radius 1 is 1.46 bits per heavy atom. The largest absolute Gasteiger partial charge is 0.385 e. The summed E-state index contributed by atoms with van der Waals surface area (Å²) < 4.78 is 0.900. The molecule has 0 unspecified atom stereocenters. The Morgan fingerprint density at radius 3 is 3.08 bits per heavy atom. The molecule has 3 heteroatoms. The molecule has 66 valence electrons. The van der Waals surface area contributed by atoms with Crippen molar-refractivity contribution in [3.05, 3.63) is 27.7 Å². The molecule has 1 aromatic carbocycles. The lowest BCUT2D eigenvalue weighted by molar-refractivity contribution is 0.829. The van der Waals surface area contributed by atoms with Gasteiger partial charge in [-0.15, -0.1) is 0 Å². The fourth-order valence-electron chi connectivity index (χ4n) is 1.57. The molecule has 1 aromatic rings. The van der Waals surface area contributed by atoms with Gasteiger partial charge in [-0.3, -0.25) is 0 Å². The second kappa shape index (κ2) is 3.39. The molecule has 13 heavy (non-hydrogen) atoms. The minimum atomic E-state index is 0.702. The lowest BCUT2D eigenvalue weighted by Crippen LogP contribution is -2.11. The van der Waals surface area contributed by atoms with Crippen LogP contribution in [0.4, 0.5) is 5.69 Å². The second-order valence-electron chi connectivity index (χ2n) is 3.13. The van der Waals surface area contributed by atoms with Crippen LogP contribution in [0.15, 0.2) is 16.6 Å². The van der Waals surface area contributed by atoms with E-state index in [-0.39, 0.29) is 0 Å². The molecule has 0 fully saturated rings. The van der Waals surface area contributed by atoms with Gasteiger partial charge in [0.1, 0.15) is 6.07 Å². The topological polar surface area (TPSA) is 35.8 Å². The Hall–Kier alpha value is -1.01. The third-order valence-corrected chi connectivity index (χ3v) is 2.91. The molecular formula is C10H9BrN2. The molecule has 2 rings (SSSR count). The van der Waals surface area contributed by atoms with Gasteiger partial charge in [0.2, 0.25) is 0 Å². The monoisotopic (exact) mass is 236 g/mol. The molecule has 0 aromatic heterocycles. The van der Waals surface area contributed by atoms with Gasteiger partial charge in [-0.25, -0.2) is 0 Å². The maximum atomic E-state index is 8.81. The fourth-order valence-corrected chi connectivity index (χ4v) is 2.05. The number of hydrogen-bond donors (Lipinski definition) is 1. The third kappa shape index (κ3) is 1.54. The summed E-state index contributed by atoms with van der Waals surface area (Å²) in [5, 5.41) is 12.1. The zero-order valence-corrected chi connectivity index (χ0v) is 8.69. The van der Waals surface area contributed by atoms with Crippen LogP contribution < -0.4 is 5.32 Å². The van der Waals surface area contributed by atoms with Crippen LogP contribution in [0.3, 0.4) is 0 Å². The highest BCUT2D eigenvalue weighted by atomic mass is 79.9. The van der Waals surface area contributed by atoms with E-state index in [1.807, 2.05) is 12.1 Å². The van der Waals surface area contributed by atoms with Crippen molar-refractivity contribution in [1.82, 2.24) is 0 Å². The summed E-state index contributed by atoms with van der Waals surface area (Å²) in [6.07, 6.45) is 2.28. The molecule has 0 saturated carbocycles. The second-order valence-corrected chi connectivity index (χ2v) is 3.99. The van der Waals surface area contributed by atoms with Crippen LogP contribution in [-0.4, -0.2) is 6.54 Å². The predicted molar refractivity (Wildman–Crippen MR) is 55.7 cm³/mol. The Balaban J connectivity index is 2.52. The van der Waals surface area contributed by atoms with Crippen molar-refractivity contribution in [1.29, 1.82) is 5.26 Å². The minimum Gasteiger partial charge on any atom is -0.385 e. The van der Waals surface area contributed by atoms with Crippen LogP contribution in [0.25, 0.3) is 0 Å². The van der Waals surface area contributed by atoms with Gasteiger partial charge < -0.3 is 5.32 Å². The van der Waals surface area contributed by atoms with E-state index < -0.39 is 0 Å². The molecule has 0 atom stereocenters. The smallest absolute Gasteiger partial charge is 0.100 e. The average molecular weight is 237 g/mol. The van der Waals surface area contributed by atoms with E-state index in [0.29, 0.717) is 5.56 Å². The summed E-state index contributed by atoms with van der Waals surface area (Å²) in [5.41, 5.74) is 3.12. The molecule has 0 aliphatic carbocycles. The fraction of sp³-hybridized carbons (Fsp3) is 0.300. The van der Waals surface area contributed by atoms with Crippen molar-refractivity contribution >= 4 is 21.6 Å². The molecule has 1 aliphatic rings. The predicted octanol–water partition coefficient (Wildman–Crippen LogP) is 2.68. The van der Waals surface area contributed by atoms with Gasteiger partial charge in [-0.05, 0) is 46.5 Å². The third-order valence-electron chi connectivity index (χ3n) is 2.25. The van der Waals surface area contributed by atoms with Gasteiger partial charge in [-0.1, -0.05) is 0 Å². The molecular weight excluding hydrogens is 228 g/mol. The highest BCUT2D eigenvalue weighted by Gasteiger charge is 2.11. The Bertz CT molecular complexity index is 379. The first-order valence-electron chi connectivity index (χ1n) is 4.27. The number of aryl methyl sites for hydroxylation is 1. The maximum Gasteiger partial charge on any atom is 0.100 e. The van der Waals surface area contributed by atoms with E-state index in [9.17, 15) is 0 Å². The number of anilines is 1. The van der Waals surface area contributed by atoms with Crippen LogP contribution in [0.5, 0.6) is 0 Å². The van der Waals surface area contributed by atoms with Crippen molar-refractivity contribution in [2.45, 2.75) is 12.8 Å². The molecule has 0 bridgehead atoms. The standard InChI is InChI=1S/C10H9BrN2/c11-9-4-7-2-1-3-13-10(7)5-8(9)6-12/h4-5,13H,1-3H2. The van der Waals surface area contributed by atoms with Gasteiger partial charge in [0.05, 0.1) is 5.56 Å². The minimum absolute atomic E-state index is 0.702. The Morgan fingerprint density at radius 2 is 2.31 bits per heavy atom. The molecule has 0 spiro atoms.